The number of carbonyl (C=O) groups is 2. The molecule has 0 radical (unpaired) electrons. The van der Waals surface area contributed by atoms with Gasteiger partial charge in [0.15, 0.2) is 5.54 Å². The van der Waals surface area contributed by atoms with Gasteiger partial charge in [0.2, 0.25) is 5.91 Å². The van der Waals surface area contributed by atoms with E-state index in [0.717, 1.165) is 5.56 Å². The maximum atomic E-state index is 11.9. The molecule has 0 saturated heterocycles. The van der Waals surface area contributed by atoms with Crippen molar-refractivity contribution in [1.29, 1.82) is 0 Å². The topological polar surface area (TPSA) is 102 Å². The number of carboxylic acids is 1. The van der Waals surface area contributed by atoms with Crippen molar-refractivity contribution in [2.45, 2.75) is 32.9 Å². The van der Waals surface area contributed by atoms with Gasteiger partial charge in [0.1, 0.15) is 6.54 Å². The van der Waals surface area contributed by atoms with Crippen molar-refractivity contribution in [3.63, 3.8) is 0 Å². The second-order valence-corrected chi connectivity index (χ2v) is 5.30. The number of aromatic nitrogens is 4. The average molecular weight is 291 g/mol. The monoisotopic (exact) mass is 291 g/mol. The van der Waals surface area contributed by atoms with Crippen LogP contribution in [0.4, 0.5) is 5.69 Å². The molecule has 21 heavy (non-hydrogen) atoms. The van der Waals surface area contributed by atoms with Gasteiger partial charge < -0.3 is 10.4 Å². The van der Waals surface area contributed by atoms with E-state index in [0.29, 0.717) is 5.69 Å². The van der Waals surface area contributed by atoms with Crippen molar-refractivity contribution in [2.75, 3.05) is 5.32 Å². The number of carbonyl (C=O) groups excluding carboxylic acids is 1. The molecule has 0 unspecified atom stereocenters. The lowest BCUT2D eigenvalue weighted by molar-refractivity contribution is -0.146. The zero-order chi connectivity index (χ0) is 15.6. The summed E-state index contributed by atoms with van der Waals surface area (Å²) in [5.74, 6) is -1.26. The van der Waals surface area contributed by atoms with Crippen molar-refractivity contribution >= 4 is 17.6 Å². The highest BCUT2D eigenvalue weighted by Crippen LogP contribution is 2.17. The molecule has 0 spiro atoms. The molecule has 2 aromatic heterocycles. The predicted octanol–water partition coefficient (Wildman–Crippen LogP) is 0.846. The van der Waals surface area contributed by atoms with E-state index in [-0.39, 0.29) is 12.5 Å². The highest BCUT2D eigenvalue weighted by atomic mass is 16.4. The summed E-state index contributed by atoms with van der Waals surface area (Å²) >= 11 is 0. The molecule has 0 aromatic carbocycles. The van der Waals surface area contributed by atoms with Crippen LogP contribution in [0.3, 0.4) is 0 Å². The number of hydrogen-bond acceptors (Lipinski definition) is 4. The average Bonchev–Trinajstić information content (AvgIpc) is 2.99. The molecule has 2 rings (SSSR count). The summed E-state index contributed by atoms with van der Waals surface area (Å²) < 4.78 is 2.82. The number of aryl methyl sites for hydroxylation is 1. The summed E-state index contributed by atoms with van der Waals surface area (Å²) in [7, 11) is 0. The third-order valence-electron chi connectivity index (χ3n) is 3.03. The quantitative estimate of drug-likeness (QED) is 0.850. The first-order chi connectivity index (χ1) is 9.79. The molecule has 0 aliphatic carbocycles. The number of aliphatic carboxylic acids is 1. The Morgan fingerprint density at radius 2 is 2.00 bits per heavy atom. The minimum atomic E-state index is -1.18. The number of anilines is 1. The first kappa shape index (κ1) is 14.8. The lowest BCUT2D eigenvalue weighted by Gasteiger charge is -2.19. The van der Waals surface area contributed by atoms with Gasteiger partial charge in [-0.1, -0.05) is 0 Å². The highest BCUT2D eigenvalue weighted by Gasteiger charge is 2.30. The third kappa shape index (κ3) is 3.28. The minimum Gasteiger partial charge on any atom is -0.479 e. The summed E-state index contributed by atoms with van der Waals surface area (Å²) in [6, 6.07) is 0. The van der Waals surface area contributed by atoms with Gasteiger partial charge in [-0.25, -0.2) is 4.79 Å². The molecule has 0 atom stereocenters. The molecule has 8 nitrogen and oxygen atoms in total. The summed E-state index contributed by atoms with van der Waals surface area (Å²) in [6.07, 6.45) is 6.33. The van der Waals surface area contributed by atoms with E-state index in [1.807, 2.05) is 6.92 Å². The van der Waals surface area contributed by atoms with E-state index >= 15 is 0 Å². The van der Waals surface area contributed by atoms with E-state index in [4.69, 9.17) is 5.11 Å². The van der Waals surface area contributed by atoms with E-state index in [2.05, 4.69) is 15.5 Å². The Balaban J connectivity index is 2.02. The summed E-state index contributed by atoms with van der Waals surface area (Å²) in [5.41, 5.74) is 0.235. The molecule has 0 aliphatic rings. The van der Waals surface area contributed by atoms with Crippen LogP contribution in [-0.4, -0.2) is 36.5 Å². The Morgan fingerprint density at radius 3 is 2.57 bits per heavy atom. The maximum absolute atomic E-state index is 11.9. The van der Waals surface area contributed by atoms with Crippen molar-refractivity contribution < 1.29 is 14.7 Å². The van der Waals surface area contributed by atoms with Gasteiger partial charge in [-0.2, -0.15) is 10.2 Å². The van der Waals surface area contributed by atoms with Gasteiger partial charge in [0.05, 0.1) is 18.1 Å². The molecule has 0 bridgehead atoms. The predicted molar refractivity (Wildman–Crippen MR) is 74.8 cm³/mol. The molecule has 8 heteroatoms. The Labute approximate surface area is 121 Å². The second kappa shape index (κ2) is 5.39. The molecule has 0 fully saturated rings. The van der Waals surface area contributed by atoms with Crippen LogP contribution in [0.5, 0.6) is 0 Å². The van der Waals surface area contributed by atoms with Crippen LogP contribution in [0.2, 0.25) is 0 Å². The molecule has 2 aromatic rings. The van der Waals surface area contributed by atoms with Gasteiger partial charge in [-0.3, -0.25) is 14.2 Å². The Morgan fingerprint density at radius 1 is 1.29 bits per heavy atom. The van der Waals surface area contributed by atoms with E-state index in [1.54, 1.807) is 12.4 Å². The fraction of sp³-hybridized carbons (Fsp3) is 0.385. The van der Waals surface area contributed by atoms with E-state index < -0.39 is 11.5 Å². The Kier molecular flexibility index (Phi) is 3.79. The van der Waals surface area contributed by atoms with Gasteiger partial charge in [0.25, 0.3) is 0 Å². The lowest BCUT2D eigenvalue weighted by atomic mass is 10.1. The fourth-order valence-electron chi connectivity index (χ4n) is 1.69. The van der Waals surface area contributed by atoms with Crippen LogP contribution in [-0.2, 0) is 21.7 Å². The Bertz CT molecular complexity index is 671. The molecular formula is C13H17N5O3. The molecule has 112 valence electrons. The maximum Gasteiger partial charge on any atom is 0.331 e. The van der Waals surface area contributed by atoms with E-state index in [9.17, 15) is 9.59 Å². The van der Waals surface area contributed by atoms with Gasteiger partial charge in [-0.15, -0.1) is 0 Å². The summed E-state index contributed by atoms with van der Waals surface area (Å²) in [5, 5.41) is 19.8. The molecular weight excluding hydrogens is 274 g/mol. The third-order valence-corrected chi connectivity index (χ3v) is 3.03. The standard InChI is InChI=1S/C13H17N5O3/c1-9-4-14-17(6-9)8-11(19)16-10-5-15-18(7-10)13(2,3)12(20)21/h4-7H,8H2,1-3H3,(H,16,19)(H,20,21). The summed E-state index contributed by atoms with van der Waals surface area (Å²) in [4.78, 5) is 23.0. The SMILES string of the molecule is Cc1cnn(CC(=O)Nc2cnn(C(C)(C)C(=O)O)c2)c1. The van der Waals surface area contributed by atoms with Crippen LogP contribution in [0.1, 0.15) is 19.4 Å². The lowest BCUT2D eigenvalue weighted by Crippen LogP contribution is -2.35. The number of amides is 1. The van der Waals surface area contributed by atoms with Gasteiger partial charge in [0, 0.05) is 12.4 Å². The number of nitrogens with one attached hydrogen (secondary N) is 1. The van der Waals surface area contributed by atoms with Crippen molar-refractivity contribution in [3.05, 3.63) is 30.4 Å². The van der Waals surface area contributed by atoms with E-state index in [1.165, 1.54) is 35.6 Å². The highest BCUT2D eigenvalue weighted by molar-refractivity contribution is 5.90. The first-order valence-corrected chi connectivity index (χ1v) is 6.36. The van der Waals surface area contributed by atoms with Gasteiger partial charge >= 0.3 is 5.97 Å². The Hall–Kier alpha value is -2.64. The molecule has 0 aliphatic heterocycles. The van der Waals surface area contributed by atoms with Crippen LogP contribution in [0.25, 0.3) is 0 Å². The zero-order valence-electron chi connectivity index (χ0n) is 12.1. The fourth-order valence-corrected chi connectivity index (χ4v) is 1.69. The van der Waals surface area contributed by atoms with Gasteiger partial charge in [-0.05, 0) is 26.3 Å². The number of nitrogens with zero attached hydrogens (tertiary/aromatic N) is 4. The second-order valence-electron chi connectivity index (χ2n) is 5.30. The van der Waals surface area contributed by atoms with Crippen LogP contribution in [0, 0.1) is 6.92 Å². The first-order valence-electron chi connectivity index (χ1n) is 6.36. The zero-order valence-corrected chi connectivity index (χ0v) is 12.1. The van der Waals surface area contributed by atoms with Crippen molar-refractivity contribution in [2.24, 2.45) is 0 Å². The molecule has 2 heterocycles. The van der Waals surface area contributed by atoms with Crippen LogP contribution < -0.4 is 5.32 Å². The number of carboxylic acid groups (broad SMARTS) is 1. The smallest absolute Gasteiger partial charge is 0.331 e. The molecule has 1 amide bonds. The minimum absolute atomic E-state index is 0.0847. The largest absolute Gasteiger partial charge is 0.479 e. The van der Waals surface area contributed by atoms with Crippen LogP contribution in [0.15, 0.2) is 24.8 Å². The molecule has 2 N–H and O–H groups in total. The molecule has 0 saturated carbocycles. The van der Waals surface area contributed by atoms with Crippen LogP contribution >= 0.6 is 0 Å². The normalized spacial score (nSPS) is 11.4. The number of hydrogen-bond donors (Lipinski definition) is 2. The summed E-state index contributed by atoms with van der Waals surface area (Å²) in [6.45, 7) is 5.03. The van der Waals surface area contributed by atoms with Crippen molar-refractivity contribution in [3.8, 4) is 0 Å². The van der Waals surface area contributed by atoms with Crippen molar-refractivity contribution in [1.82, 2.24) is 19.6 Å². The number of rotatable bonds is 5.